The molecule has 3 rings (SSSR count). The number of sulfonamides is 1. The normalized spacial score (nSPS) is 17.0. The molecule has 2 heterocycles. The van der Waals surface area contributed by atoms with Gasteiger partial charge in [-0.2, -0.15) is 0 Å². The zero-order valence-corrected chi connectivity index (χ0v) is 15.2. The molecule has 2 aromatic rings. The summed E-state index contributed by atoms with van der Waals surface area (Å²) in [6, 6.07) is 8.78. The van der Waals surface area contributed by atoms with E-state index in [4.69, 9.17) is 11.6 Å². The molecule has 0 unspecified atom stereocenters. The maximum Gasteiger partial charge on any atom is 0.242 e. The van der Waals surface area contributed by atoms with E-state index in [9.17, 15) is 8.42 Å². The molecule has 1 aliphatic heterocycles. The average molecular weight is 371 g/mol. The number of halogens is 1. The number of hydrogen-bond donors (Lipinski definition) is 1. The summed E-state index contributed by atoms with van der Waals surface area (Å²) in [6.07, 6.45) is 1.04. The van der Waals surface area contributed by atoms with Crippen molar-refractivity contribution in [2.75, 3.05) is 13.1 Å². The largest absolute Gasteiger partial charge is 0.295 e. The minimum absolute atomic E-state index is 0.125. The van der Waals surface area contributed by atoms with Gasteiger partial charge in [0.1, 0.15) is 4.90 Å². The lowest BCUT2D eigenvalue weighted by atomic mass is 10.1. The zero-order valence-electron chi connectivity index (χ0n) is 12.8. The first-order valence-corrected chi connectivity index (χ1v) is 10.2. The van der Waals surface area contributed by atoms with Crippen LogP contribution in [-0.2, 0) is 23.0 Å². The molecule has 23 heavy (non-hydrogen) atoms. The summed E-state index contributed by atoms with van der Waals surface area (Å²) in [5.74, 6) is 0. The first-order chi connectivity index (χ1) is 11.0. The first-order valence-electron chi connectivity index (χ1n) is 7.51. The highest BCUT2D eigenvalue weighted by Crippen LogP contribution is 2.25. The van der Waals surface area contributed by atoms with Crippen molar-refractivity contribution in [3.05, 3.63) is 51.2 Å². The Morgan fingerprint density at radius 2 is 2.13 bits per heavy atom. The van der Waals surface area contributed by atoms with Crippen LogP contribution in [0, 0.1) is 0 Å². The maximum absolute atomic E-state index is 12.4. The number of benzene rings is 1. The average Bonchev–Trinajstić information content (AvgIpc) is 3.00. The smallest absolute Gasteiger partial charge is 0.242 e. The van der Waals surface area contributed by atoms with Gasteiger partial charge < -0.3 is 0 Å². The van der Waals surface area contributed by atoms with Gasteiger partial charge in [-0.15, -0.1) is 11.3 Å². The highest BCUT2D eigenvalue weighted by atomic mass is 35.5. The van der Waals surface area contributed by atoms with E-state index in [1.54, 1.807) is 29.5 Å². The van der Waals surface area contributed by atoms with Gasteiger partial charge >= 0.3 is 0 Å². The Hall–Kier alpha value is -0.920. The van der Waals surface area contributed by atoms with Crippen LogP contribution in [0.2, 0.25) is 5.02 Å². The van der Waals surface area contributed by atoms with Crippen LogP contribution in [0.4, 0.5) is 0 Å². The van der Waals surface area contributed by atoms with E-state index in [0.717, 1.165) is 19.5 Å². The lowest BCUT2D eigenvalue weighted by Crippen LogP contribution is -2.44. The molecule has 0 bridgehead atoms. The molecule has 0 radical (unpaired) electrons. The second kappa shape index (κ2) is 6.91. The van der Waals surface area contributed by atoms with Gasteiger partial charge in [-0.05, 0) is 42.5 Å². The van der Waals surface area contributed by atoms with E-state index >= 15 is 0 Å². The van der Waals surface area contributed by atoms with Gasteiger partial charge in [-0.3, -0.25) is 4.90 Å². The molecule has 1 aliphatic rings. The van der Waals surface area contributed by atoms with Crippen LogP contribution in [0.1, 0.15) is 17.4 Å². The molecule has 0 amide bonds. The molecule has 1 N–H and O–H groups in total. The van der Waals surface area contributed by atoms with Crippen LogP contribution in [0.5, 0.6) is 0 Å². The summed E-state index contributed by atoms with van der Waals surface area (Å²) in [4.78, 5) is 3.89. The van der Waals surface area contributed by atoms with Crippen LogP contribution in [0.15, 0.2) is 40.6 Å². The molecule has 0 spiro atoms. The Balaban J connectivity index is 1.63. The molecular formula is C16H19ClN2O2S2. The van der Waals surface area contributed by atoms with E-state index in [2.05, 4.69) is 21.1 Å². The Labute approximate surface area is 146 Å². The lowest BCUT2D eigenvalue weighted by Gasteiger charge is -2.32. The molecular weight excluding hydrogens is 352 g/mol. The number of nitrogens with one attached hydrogen (secondary N) is 1. The Morgan fingerprint density at radius 1 is 1.35 bits per heavy atom. The van der Waals surface area contributed by atoms with Crippen molar-refractivity contribution < 1.29 is 8.42 Å². The Bertz CT molecular complexity index is 789. The lowest BCUT2D eigenvalue weighted by molar-refractivity contribution is 0.193. The summed E-state index contributed by atoms with van der Waals surface area (Å²) in [5.41, 5.74) is 1.36. The summed E-state index contributed by atoms with van der Waals surface area (Å²) < 4.78 is 27.4. The van der Waals surface area contributed by atoms with Crippen molar-refractivity contribution in [3.63, 3.8) is 0 Å². The molecule has 7 heteroatoms. The third-order valence-corrected chi connectivity index (χ3v) is 7.10. The highest BCUT2D eigenvalue weighted by molar-refractivity contribution is 7.89. The summed E-state index contributed by atoms with van der Waals surface area (Å²) in [7, 11) is -3.58. The predicted octanol–water partition coefficient (Wildman–Crippen LogP) is 3.13. The van der Waals surface area contributed by atoms with Crippen molar-refractivity contribution in [2.45, 2.75) is 30.8 Å². The molecule has 124 valence electrons. The minimum Gasteiger partial charge on any atom is -0.295 e. The molecule has 4 nitrogen and oxygen atoms in total. The van der Waals surface area contributed by atoms with Crippen molar-refractivity contribution in [1.82, 2.24) is 9.62 Å². The van der Waals surface area contributed by atoms with Gasteiger partial charge in [0.05, 0.1) is 5.02 Å². The van der Waals surface area contributed by atoms with E-state index in [1.807, 2.05) is 6.92 Å². The van der Waals surface area contributed by atoms with Crippen molar-refractivity contribution in [1.29, 1.82) is 0 Å². The van der Waals surface area contributed by atoms with Crippen LogP contribution >= 0.6 is 22.9 Å². The molecule has 1 atom stereocenters. The fourth-order valence-corrected chi connectivity index (χ4v) is 5.28. The zero-order chi connectivity index (χ0) is 16.4. The molecule has 0 fully saturated rings. The fourth-order valence-electron chi connectivity index (χ4n) is 2.75. The van der Waals surface area contributed by atoms with E-state index in [1.165, 1.54) is 16.5 Å². The number of nitrogens with zero attached hydrogens (tertiary/aromatic N) is 1. The van der Waals surface area contributed by atoms with Crippen LogP contribution < -0.4 is 4.72 Å². The van der Waals surface area contributed by atoms with E-state index < -0.39 is 10.0 Å². The van der Waals surface area contributed by atoms with Crippen molar-refractivity contribution in [2.24, 2.45) is 0 Å². The second-order valence-corrected chi connectivity index (χ2v) is 8.86. The van der Waals surface area contributed by atoms with Gasteiger partial charge in [-0.25, -0.2) is 13.1 Å². The van der Waals surface area contributed by atoms with E-state index in [0.29, 0.717) is 6.54 Å². The Morgan fingerprint density at radius 3 is 2.91 bits per heavy atom. The van der Waals surface area contributed by atoms with Crippen LogP contribution in [0.25, 0.3) is 0 Å². The summed E-state index contributed by atoms with van der Waals surface area (Å²) >= 11 is 7.79. The molecule has 1 aromatic carbocycles. The van der Waals surface area contributed by atoms with Crippen molar-refractivity contribution in [3.8, 4) is 0 Å². The first kappa shape index (κ1) is 16.9. The van der Waals surface area contributed by atoms with Crippen LogP contribution in [0.3, 0.4) is 0 Å². The predicted molar refractivity (Wildman–Crippen MR) is 94.5 cm³/mol. The van der Waals surface area contributed by atoms with Crippen molar-refractivity contribution >= 4 is 33.0 Å². The third kappa shape index (κ3) is 3.78. The molecule has 1 aromatic heterocycles. The van der Waals surface area contributed by atoms with Gasteiger partial charge in [0.15, 0.2) is 0 Å². The Kier molecular flexibility index (Phi) is 5.08. The number of fused-ring (bicyclic) bond motifs is 1. The fraction of sp³-hybridized carbons (Fsp3) is 0.375. The summed E-state index contributed by atoms with van der Waals surface area (Å²) in [6.45, 7) is 4.26. The van der Waals surface area contributed by atoms with E-state index in [-0.39, 0.29) is 16.0 Å². The number of thiophene rings is 1. The van der Waals surface area contributed by atoms with Gasteiger partial charge in [0.25, 0.3) is 0 Å². The molecule has 0 saturated heterocycles. The molecule has 0 saturated carbocycles. The third-order valence-electron chi connectivity index (χ3n) is 4.16. The second-order valence-electron chi connectivity index (χ2n) is 5.72. The summed E-state index contributed by atoms with van der Waals surface area (Å²) in [5, 5.41) is 2.37. The van der Waals surface area contributed by atoms with Gasteiger partial charge in [0, 0.05) is 30.6 Å². The quantitative estimate of drug-likeness (QED) is 0.879. The highest BCUT2D eigenvalue weighted by Gasteiger charge is 2.24. The van der Waals surface area contributed by atoms with Gasteiger partial charge in [-0.1, -0.05) is 23.7 Å². The monoisotopic (exact) mass is 370 g/mol. The SMILES string of the molecule is C[C@H](CNS(=O)(=O)c1ccccc1Cl)N1CCc2sccc2C1. The van der Waals surface area contributed by atoms with Crippen LogP contribution in [-0.4, -0.2) is 32.4 Å². The number of hydrogen-bond acceptors (Lipinski definition) is 4. The molecule has 0 aliphatic carbocycles. The maximum atomic E-state index is 12.4. The minimum atomic E-state index is -3.58. The number of rotatable bonds is 5. The van der Waals surface area contributed by atoms with Gasteiger partial charge in [0.2, 0.25) is 10.0 Å². The standard InChI is InChI=1S/C16H19ClN2O2S2/c1-12(19-8-6-15-13(11-19)7-9-22-15)10-18-23(20,21)16-5-3-2-4-14(16)17/h2-5,7,9,12,18H,6,8,10-11H2,1H3/t12-/m1/s1. The topological polar surface area (TPSA) is 49.4 Å².